The average Bonchev–Trinajstić information content (AvgIpc) is 2.49. The number of hydrogen-bond acceptors (Lipinski definition) is 3. The summed E-state index contributed by atoms with van der Waals surface area (Å²) in [5, 5.41) is 14.1. The molecule has 3 unspecified atom stereocenters. The number of aliphatic hydroxyl groups is 1. The Balaban J connectivity index is 1.83. The summed E-state index contributed by atoms with van der Waals surface area (Å²) < 4.78 is 12.3. The van der Waals surface area contributed by atoms with E-state index < -0.39 is 13.5 Å². The fraction of sp³-hybridized carbons (Fsp3) is 0.333. The highest BCUT2D eigenvalue weighted by Gasteiger charge is 2.24. The molecular weight excluding hydrogens is 345 g/mol. The van der Waals surface area contributed by atoms with Gasteiger partial charge in [-0.15, -0.1) is 0 Å². The molecule has 0 aliphatic carbocycles. The van der Waals surface area contributed by atoms with Crippen LogP contribution in [0.25, 0.3) is 0 Å². The van der Waals surface area contributed by atoms with E-state index in [2.05, 4.69) is 5.32 Å². The lowest BCUT2D eigenvalue weighted by Crippen LogP contribution is -2.25. The van der Waals surface area contributed by atoms with Crippen molar-refractivity contribution in [1.29, 1.82) is 0 Å². The van der Waals surface area contributed by atoms with Gasteiger partial charge in [-0.3, -0.25) is 4.57 Å². The van der Waals surface area contributed by atoms with Crippen LogP contribution >= 0.6 is 19.0 Å². The molecule has 0 aliphatic rings. The molecule has 0 saturated heterocycles. The Morgan fingerprint density at radius 2 is 1.75 bits per heavy atom. The first-order valence-electron chi connectivity index (χ1n) is 7.89. The molecule has 0 bridgehead atoms. The maximum atomic E-state index is 12.3. The number of anilines is 1. The Kier molecular flexibility index (Phi) is 6.88. The van der Waals surface area contributed by atoms with Gasteiger partial charge in [0.1, 0.15) is 0 Å². The first-order chi connectivity index (χ1) is 11.3. The van der Waals surface area contributed by atoms with E-state index in [0.29, 0.717) is 11.4 Å². The highest BCUT2D eigenvalue weighted by molar-refractivity contribution is 7.57. The van der Waals surface area contributed by atoms with E-state index in [1.165, 1.54) is 0 Å². The zero-order chi connectivity index (χ0) is 17.6. The molecule has 2 aromatic rings. The predicted molar refractivity (Wildman–Crippen MR) is 100.0 cm³/mol. The largest absolute Gasteiger partial charge is 0.392 e. The molecule has 0 heterocycles. The maximum Gasteiger partial charge on any atom is 0.207 e. The van der Waals surface area contributed by atoms with Gasteiger partial charge in [-0.2, -0.15) is 0 Å². The minimum absolute atomic E-state index is 0.0297. The quantitative estimate of drug-likeness (QED) is 0.606. The summed E-state index contributed by atoms with van der Waals surface area (Å²) in [7, 11) is -3.41. The van der Waals surface area contributed by atoms with Crippen molar-refractivity contribution in [2.75, 3.05) is 11.5 Å². The number of halogens is 1. The third-order valence-electron chi connectivity index (χ3n) is 3.65. The average molecular weight is 368 g/mol. The lowest BCUT2D eigenvalue weighted by atomic mass is 10.1. The van der Waals surface area contributed by atoms with Crippen molar-refractivity contribution in [3.63, 3.8) is 0 Å². The van der Waals surface area contributed by atoms with E-state index in [0.717, 1.165) is 11.3 Å². The monoisotopic (exact) mass is 367 g/mol. The molecule has 3 atom stereocenters. The van der Waals surface area contributed by atoms with Crippen molar-refractivity contribution in [3.8, 4) is 0 Å². The summed E-state index contributed by atoms with van der Waals surface area (Å²) in [5.41, 5.74) is 1.71. The van der Waals surface area contributed by atoms with Gasteiger partial charge in [0.05, 0.1) is 12.3 Å². The number of aliphatic hydroxyl groups excluding tert-OH is 1. The SMILES string of the molecule is CC(CC(O)CP(=O)(O)Cc1ccccc1)Nc1ccc(Cl)cc1. The second-order valence-corrected chi connectivity index (χ2v) is 8.92. The smallest absolute Gasteiger partial charge is 0.207 e. The molecule has 0 radical (unpaired) electrons. The van der Waals surface area contributed by atoms with Gasteiger partial charge < -0.3 is 15.3 Å². The van der Waals surface area contributed by atoms with E-state index in [-0.39, 0.29) is 18.4 Å². The van der Waals surface area contributed by atoms with Crippen molar-refractivity contribution in [2.24, 2.45) is 0 Å². The van der Waals surface area contributed by atoms with Crippen LogP contribution in [0.1, 0.15) is 18.9 Å². The van der Waals surface area contributed by atoms with Gasteiger partial charge in [0.25, 0.3) is 0 Å². The molecule has 0 aliphatic heterocycles. The first-order valence-corrected chi connectivity index (χ1v) is 10.3. The fourth-order valence-corrected chi connectivity index (χ4v) is 4.48. The molecule has 0 fully saturated rings. The van der Waals surface area contributed by atoms with Crippen molar-refractivity contribution >= 4 is 24.7 Å². The predicted octanol–water partition coefficient (Wildman–Crippen LogP) is 4.36. The Morgan fingerprint density at radius 1 is 1.12 bits per heavy atom. The van der Waals surface area contributed by atoms with Crippen LogP contribution in [-0.4, -0.2) is 28.3 Å². The van der Waals surface area contributed by atoms with Gasteiger partial charge in [-0.1, -0.05) is 41.9 Å². The summed E-state index contributed by atoms with van der Waals surface area (Å²) in [4.78, 5) is 10.1. The summed E-state index contributed by atoms with van der Waals surface area (Å²) in [6, 6.07) is 16.4. The highest BCUT2D eigenvalue weighted by atomic mass is 35.5. The standard InChI is InChI=1S/C18H23ClNO3P/c1-14(20-17-9-7-16(19)8-10-17)11-18(21)13-24(22,23)12-15-5-3-2-4-6-15/h2-10,14,18,20-21H,11-13H2,1H3,(H,22,23). The van der Waals surface area contributed by atoms with Crippen LogP contribution in [-0.2, 0) is 10.7 Å². The lowest BCUT2D eigenvalue weighted by Gasteiger charge is -2.21. The van der Waals surface area contributed by atoms with Gasteiger partial charge >= 0.3 is 0 Å². The Hall–Kier alpha value is -1.32. The second kappa shape index (κ2) is 8.68. The van der Waals surface area contributed by atoms with E-state index in [4.69, 9.17) is 11.6 Å². The Morgan fingerprint density at radius 3 is 2.38 bits per heavy atom. The Bertz CT molecular complexity index is 678. The topological polar surface area (TPSA) is 69.6 Å². The molecule has 24 heavy (non-hydrogen) atoms. The second-order valence-electron chi connectivity index (χ2n) is 6.11. The summed E-state index contributed by atoms with van der Waals surface area (Å²) in [5.74, 6) is 0. The highest BCUT2D eigenvalue weighted by Crippen LogP contribution is 2.45. The lowest BCUT2D eigenvalue weighted by molar-refractivity contribution is 0.179. The van der Waals surface area contributed by atoms with Crippen LogP contribution in [0.3, 0.4) is 0 Å². The first kappa shape index (κ1) is 19.0. The van der Waals surface area contributed by atoms with Gasteiger partial charge in [0.2, 0.25) is 7.37 Å². The van der Waals surface area contributed by atoms with Crippen LogP contribution in [0.5, 0.6) is 0 Å². The van der Waals surface area contributed by atoms with Crippen molar-refractivity contribution < 1.29 is 14.6 Å². The molecular formula is C18H23ClNO3P. The normalized spacial score (nSPS) is 16.2. The van der Waals surface area contributed by atoms with Crippen LogP contribution in [0.4, 0.5) is 5.69 Å². The van der Waals surface area contributed by atoms with E-state index in [1.807, 2.05) is 49.4 Å². The summed E-state index contributed by atoms with van der Waals surface area (Å²) in [6.07, 6.45) is -0.459. The van der Waals surface area contributed by atoms with Crippen LogP contribution < -0.4 is 5.32 Å². The molecule has 130 valence electrons. The molecule has 6 heteroatoms. The number of rotatable bonds is 8. The molecule has 4 nitrogen and oxygen atoms in total. The number of hydrogen-bond donors (Lipinski definition) is 3. The minimum Gasteiger partial charge on any atom is -0.392 e. The molecule has 0 aromatic heterocycles. The van der Waals surface area contributed by atoms with Crippen LogP contribution in [0.15, 0.2) is 54.6 Å². The summed E-state index contributed by atoms with van der Waals surface area (Å²) >= 11 is 5.85. The molecule has 0 saturated carbocycles. The van der Waals surface area contributed by atoms with Crippen molar-refractivity contribution in [3.05, 3.63) is 65.2 Å². The number of benzene rings is 2. The van der Waals surface area contributed by atoms with Gasteiger partial charge in [0.15, 0.2) is 0 Å². The summed E-state index contributed by atoms with van der Waals surface area (Å²) in [6.45, 7) is 1.93. The van der Waals surface area contributed by atoms with Gasteiger partial charge in [-0.05, 0) is 43.2 Å². The molecule has 0 spiro atoms. The van der Waals surface area contributed by atoms with Crippen molar-refractivity contribution in [2.45, 2.75) is 31.7 Å². The van der Waals surface area contributed by atoms with Gasteiger partial charge in [-0.25, -0.2) is 0 Å². The third-order valence-corrected chi connectivity index (χ3v) is 5.75. The van der Waals surface area contributed by atoms with E-state index in [1.54, 1.807) is 12.1 Å². The third kappa shape index (κ3) is 6.66. The molecule has 0 amide bonds. The zero-order valence-corrected chi connectivity index (χ0v) is 15.3. The zero-order valence-electron chi connectivity index (χ0n) is 13.6. The molecule has 3 N–H and O–H groups in total. The molecule has 2 rings (SSSR count). The van der Waals surface area contributed by atoms with E-state index in [9.17, 15) is 14.6 Å². The molecule has 2 aromatic carbocycles. The van der Waals surface area contributed by atoms with Crippen LogP contribution in [0.2, 0.25) is 5.02 Å². The Labute approximate surface area is 147 Å². The maximum absolute atomic E-state index is 12.3. The number of nitrogens with one attached hydrogen (secondary N) is 1. The van der Waals surface area contributed by atoms with Crippen LogP contribution in [0, 0.1) is 0 Å². The minimum atomic E-state index is -3.41. The van der Waals surface area contributed by atoms with Gasteiger partial charge in [0, 0.05) is 22.9 Å². The fourth-order valence-electron chi connectivity index (χ4n) is 2.63. The van der Waals surface area contributed by atoms with E-state index >= 15 is 0 Å². The van der Waals surface area contributed by atoms with Crippen molar-refractivity contribution in [1.82, 2.24) is 0 Å².